The van der Waals surface area contributed by atoms with E-state index >= 15 is 0 Å². The molecule has 0 fully saturated rings. The van der Waals surface area contributed by atoms with Gasteiger partial charge in [-0.25, -0.2) is 9.97 Å². The maximum atomic E-state index is 5.45. The monoisotopic (exact) mass is 583 g/mol. The summed E-state index contributed by atoms with van der Waals surface area (Å²) in [5.74, 6) is 0.700. The highest BCUT2D eigenvalue weighted by Crippen LogP contribution is 2.43. The normalized spacial score (nSPS) is 12.2. The van der Waals surface area contributed by atoms with Crippen molar-refractivity contribution in [1.82, 2.24) is 14.5 Å². The van der Waals surface area contributed by atoms with Crippen LogP contribution < -0.4 is 0 Å². The Kier molecular flexibility index (Phi) is 4.75. The van der Waals surface area contributed by atoms with Crippen LogP contribution in [0.1, 0.15) is 0 Å². The number of benzene rings is 6. The zero-order valence-electron chi connectivity index (χ0n) is 22.8. The van der Waals surface area contributed by atoms with Crippen LogP contribution >= 0.6 is 22.7 Å². The number of hydrogen-bond acceptors (Lipinski definition) is 4. The van der Waals surface area contributed by atoms with Gasteiger partial charge in [-0.05, 0) is 41.1 Å². The minimum atomic E-state index is 0.700. The predicted octanol–water partition coefficient (Wildman–Crippen LogP) is 11.1. The standard InChI is InChI=1S/C38H21N3S2/c1-2-12-23-22(10-1)11-9-16-26(23)35-37-36(27-15-5-8-19-33(27)43-37)40-38(39-35)41-30-17-6-3-13-24(30)28-20-29-25-14-4-7-18-32(25)42-34(29)21-31(28)41/h1-21H. The van der Waals surface area contributed by atoms with Crippen molar-refractivity contribution in [2.75, 3.05) is 0 Å². The van der Waals surface area contributed by atoms with E-state index in [0.717, 1.165) is 32.5 Å². The highest BCUT2D eigenvalue weighted by atomic mass is 32.1. The molecule has 43 heavy (non-hydrogen) atoms. The largest absolute Gasteiger partial charge is 0.278 e. The average molecular weight is 584 g/mol. The summed E-state index contributed by atoms with van der Waals surface area (Å²) in [7, 11) is 0. The Labute approximate surface area is 253 Å². The van der Waals surface area contributed by atoms with Crippen molar-refractivity contribution in [3.63, 3.8) is 0 Å². The molecular formula is C38H21N3S2. The van der Waals surface area contributed by atoms with Gasteiger partial charge in [-0.3, -0.25) is 4.57 Å². The number of hydrogen-bond donors (Lipinski definition) is 0. The third-order valence-corrected chi connectivity index (χ3v) is 10.9. The molecule has 0 spiro atoms. The van der Waals surface area contributed by atoms with E-state index in [1.807, 2.05) is 11.3 Å². The van der Waals surface area contributed by atoms with Crippen LogP contribution in [0.15, 0.2) is 127 Å². The number of aromatic nitrogens is 3. The van der Waals surface area contributed by atoms with Crippen LogP contribution in [-0.2, 0) is 0 Å². The van der Waals surface area contributed by atoms with E-state index in [2.05, 4.69) is 132 Å². The number of rotatable bonds is 2. The number of para-hydroxylation sites is 1. The molecule has 0 aliphatic rings. The van der Waals surface area contributed by atoms with Gasteiger partial charge in [0.05, 0.1) is 26.9 Å². The van der Waals surface area contributed by atoms with Crippen LogP contribution in [0.2, 0.25) is 0 Å². The van der Waals surface area contributed by atoms with Crippen LogP contribution in [-0.4, -0.2) is 14.5 Å². The van der Waals surface area contributed by atoms with Gasteiger partial charge in [0.1, 0.15) is 0 Å². The fourth-order valence-electron chi connectivity index (χ4n) is 6.70. The lowest BCUT2D eigenvalue weighted by Gasteiger charge is -2.11. The summed E-state index contributed by atoms with van der Waals surface area (Å²) in [5.41, 5.74) is 5.35. The second kappa shape index (κ2) is 8.71. The molecule has 0 atom stereocenters. The first kappa shape index (κ1) is 23.5. The third kappa shape index (κ3) is 3.29. The van der Waals surface area contributed by atoms with E-state index in [1.54, 1.807) is 11.3 Å². The molecule has 6 aromatic carbocycles. The molecule has 0 aliphatic carbocycles. The fourth-order valence-corrected chi connectivity index (χ4v) is 8.96. The molecule has 4 aromatic heterocycles. The van der Waals surface area contributed by atoms with Crippen LogP contribution in [0, 0.1) is 0 Å². The third-order valence-electron chi connectivity index (χ3n) is 8.62. The maximum absolute atomic E-state index is 5.45. The molecule has 0 bridgehead atoms. The number of fused-ring (bicyclic) bond motifs is 10. The molecule has 10 aromatic rings. The Hall–Kier alpha value is -5.10. The van der Waals surface area contributed by atoms with E-state index in [4.69, 9.17) is 9.97 Å². The minimum Gasteiger partial charge on any atom is -0.278 e. The lowest BCUT2D eigenvalue weighted by atomic mass is 10.0. The lowest BCUT2D eigenvalue weighted by molar-refractivity contribution is 1.02. The van der Waals surface area contributed by atoms with Gasteiger partial charge < -0.3 is 0 Å². The zero-order valence-corrected chi connectivity index (χ0v) is 24.4. The topological polar surface area (TPSA) is 30.7 Å². The smallest absolute Gasteiger partial charge is 0.235 e. The van der Waals surface area contributed by atoms with Gasteiger partial charge in [0.15, 0.2) is 0 Å². The molecule has 3 nitrogen and oxygen atoms in total. The summed E-state index contributed by atoms with van der Waals surface area (Å²) >= 11 is 3.62. The Morgan fingerprint density at radius 2 is 1.16 bits per heavy atom. The molecule has 10 rings (SSSR count). The Bertz CT molecular complexity index is 2740. The maximum Gasteiger partial charge on any atom is 0.235 e. The first-order valence-corrected chi connectivity index (χ1v) is 16.0. The Balaban J connectivity index is 1.37. The summed E-state index contributed by atoms with van der Waals surface area (Å²) in [6, 6.07) is 45.7. The number of thiophene rings is 2. The summed E-state index contributed by atoms with van der Waals surface area (Å²) < 4.78 is 7.19. The molecule has 0 saturated heterocycles. The summed E-state index contributed by atoms with van der Waals surface area (Å²) in [6.07, 6.45) is 0. The summed E-state index contributed by atoms with van der Waals surface area (Å²) in [4.78, 5) is 10.8. The van der Waals surface area contributed by atoms with Crippen LogP contribution in [0.3, 0.4) is 0 Å². The first-order valence-electron chi connectivity index (χ1n) is 14.3. The van der Waals surface area contributed by atoms with Gasteiger partial charge in [0.2, 0.25) is 5.95 Å². The van der Waals surface area contributed by atoms with Gasteiger partial charge in [-0.2, -0.15) is 0 Å². The SMILES string of the molecule is c1ccc2c(-c3nc(-n4c5ccccc5c5cc6c(cc54)sc4ccccc46)nc4c3sc3ccccc34)cccc2c1. The number of nitrogens with zero attached hydrogens (tertiary/aromatic N) is 3. The van der Waals surface area contributed by atoms with Crippen molar-refractivity contribution in [1.29, 1.82) is 0 Å². The average Bonchev–Trinajstić information content (AvgIpc) is 3.72. The Morgan fingerprint density at radius 1 is 0.465 bits per heavy atom. The van der Waals surface area contributed by atoms with Crippen molar-refractivity contribution in [2.45, 2.75) is 0 Å². The van der Waals surface area contributed by atoms with Crippen molar-refractivity contribution in [2.24, 2.45) is 0 Å². The molecular weight excluding hydrogens is 563 g/mol. The second-order valence-corrected chi connectivity index (χ2v) is 13.1. The van der Waals surface area contributed by atoms with Gasteiger partial charge >= 0.3 is 0 Å². The predicted molar refractivity (Wildman–Crippen MR) is 185 cm³/mol. The molecule has 5 heteroatoms. The van der Waals surface area contributed by atoms with Gasteiger partial charge in [0.25, 0.3) is 0 Å². The van der Waals surface area contributed by atoms with Gasteiger partial charge in [0, 0.05) is 46.6 Å². The highest BCUT2D eigenvalue weighted by Gasteiger charge is 2.21. The Morgan fingerprint density at radius 3 is 2.05 bits per heavy atom. The summed E-state index contributed by atoms with van der Waals surface area (Å²) in [5, 5.41) is 8.60. The van der Waals surface area contributed by atoms with Crippen LogP contribution in [0.4, 0.5) is 0 Å². The van der Waals surface area contributed by atoms with E-state index < -0.39 is 0 Å². The molecule has 0 saturated carbocycles. The van der Waals surface area contributed by atoms with E-state index in [9.17, 15) is 0 Å². The molecule has 200 valence electrons. The first-order chi connectivity index (χ1) is 21.3. The molecule has 0 unspecified atom stereocenters. The van der Waals surface area contributed by atoms with Crippen molar-refractivity contribution < 1.29 is 0 Å². The quantitative estimate of drug-likeness (QED) is 0.203. The second-order valence-electron chi connectivity index (χ2n) is 11.0. The van der Waals surface area contributed by atoms with E-state index in [0.29, 0.717) is 5.95 Å². The zero-order chi connectivity index (χ0) is 28.1. The van der Waals surface area contributed by atoms with Gasteiger partial charge in [-0.1, -0.05) is 97.1 Å². The lowest BCUT2D eigenvalue weighted by Crippen LogP contribution is -2.02. The minimum absolute atomic E-state index is 0.700. The van der Waals surface area contributed by atoms with Gasteiger partial charge in [-0.15, -0.1) is 22.7 Å². The highest BCUT2D eigenvalue weighted by molar-refractivity contribution is 7.26. The fraction of sp³-hybridized carbons (Fsp3) is 0. The van der Waals surface area contributed by atoms with E-state index in [-0.39, 0.29) is 0 Å². The molecule has 0 N–H and O–H groups in total. The molecule has 0 amide bonds. The molecule has 0 radical (unpaired) electrons. The van der Waals surface area contributed by atoms with Crippen molar-refractivity contribution in [3.05, 3.63) is 127 Å². The van der Waals surface area contributed by atoms with E-state index in [1.165, 1.54) is 51.8 Å². The molecule has 0 aliphatic heterocycles. The van der Waals surface area contributed by atoms with Crippen molar-refractivity contribution >= 4 is 95.7 Å². The van der Waals surface area contributed by atoms with Crippen molar-refractivity contribution in [3.8, 4) is 17.2 Å². The summed E-state index contributed by atoms with van der Waals surface area (Å²) in [6.45, 7) is 0. The van der Waals surface area contributed by atoms with Crippen LogP contribution in [0.25, 0.3) is 90.3 Å². The molecule has 4 heterocycles. The van der Waals surface area contributed by atoms with Crippen LogP contribution in [0.5, 0.6) is 0 Å².